The summed E-state index contributed by atoms with van der Waals surface area (Å²) in [5.41, 5.74) is 1.64. The lowest BCUT2D eigenvalue weighted by Gasteiger charge is -2.37. The van der Waals surface area contributed by atoms with Crippen LogP contribution in [0.2, 0.25) is 0 Å². The molecular weight excluding hydrogens is 394 g/mol. The predicted molar refractivity (Wildman–Crippen MR) is 114 cm³/mol. The molecule has 2 saturated heterocycles. The zero-order valence-corrected chi connectivity index (χ0v) is 17.5. The lowest BCUT2D eigenvalue weighted by molar-refractivity contribution is 0.0485. The minimum absolute atomic E-state index is 0.0661. The second-order valence-corrected chi connectivity index (χ2v) is 8.58. The first-order valence-corrected chi connectivity index (χ1v) is 11.1. The number of amides is 1. The van der Waals surface area contributed by atoms with Crippen molar-refractivity contribution in [3.63, 3.8) is 0 Å². The molecule has 2 unspecified atom stereocenters. The number of nitrogens with zero attached hydrogens (tertiary/aromatic N) is 1. The van der Waals surface area contributed by atoms with Gasteiger partial charge in [-0.25, -0.2) is 4.79 Å². The van der Waals surface area contributed by atoms with Crippen molar-refractivity contribution in [3.05, 3.63) is 59.7 Å². The number of carbonyl (C=O) groups is 2. The van der Waals surface area contributed by atoms with E-state index in [-0.39, 0.29) is 36.5 Å². The van der Waals surface area contributed by atoms with Gasteiger partial charge in [0.1, 0.15) is 6.61 Å². The molecule has 6 nitrogen and oxygen atoms in total. The number of hydrogen-bond acceptors (Lipinski definition) is 5. The fourth-order valence-electron chi connectivity index (χ4n) is 5.04. The molecule has 2 atom stereocenters. The molecule has 2 fully saturated rings. The van der Waals surface area contributed by atoms with E-state index >= 15 is 0 Å². The van der Waals surface area contributed by atoms with Crippen LogP contribution in [-0.2, 0) is 11.3 Å². The van der Waals surface area contributed by atoms with Crippen molar-refractivity contribution < 1.29 is 23.8 Å². The maximum atomic E-state index is 13.2. The number of hydrogen-bond donors (Lipinski definition) is 0. The van der Waals surface area contributed by atoms with Crippen LogP contribution in [-0.4, -0.2) is 42.1 Å². The number of piperidine rings is 1. The molecule has 6 heteroatoms. The number of carbonyl (C=O) groups excluding carboxylic acids is 2. The molecule has 0 radical (unpaired) electrons. The highest BCUT2D eigenvalue weighted by atomic mass is 16.6. The van der Waals surface area contributed by atoms with E-state index in [1.807, 2.05) is 53.4 Å². The molecule has 2 aromatic rings. The molecule has 0 N–H and O–H groups in total. The van der Waals surface area contributed by atoms with Crippen LogP contribution in [0.5, 0.6) is 11.5 Å². The maximum Gasteiger partial charge on any atom is 0.410 e. The van der Waals surface area contributed by atoms with Gasteiger partial charge in [0.2, 0.25) is 0 Å². The maximum absolute atomic E-state index is 13.2. The highest BCUT2D eigenvalue weighted by molar-refractivity contribution is 5.98. The summed E-state index contributed by atoms with van der Waals surface area (Å²) in [6.45, 7) is 1.50. The average Bonchev–Trinajstić information content (AvgIpc) is 2.97. The summed E-state index contributed by atoms with van der Waals surface area (Å²) < 4.78 is 17.0. The third kappa shape index (κ3) is 4.11. The Bertz CT molecular complexity index is 946. The van der Waals surface area contributed by atoms with Gasteiger partial charge in [-0.3, -0.25) is 4.79 Å². The van der Waals surface area contributed by atoms with Crippen molar-refractivity contribution >= 4 is 11.9 Å². The fraction of sp³-hybridized carbons (Fsp3) is 0.440. The third-order valence-electron chi connectivity index (χ3n) is 6.55. The smallest absolute Gasteiger partial charge is 0.410 e. The van der Waals surface area contributed by atoms with Crippen LogP contribution in [0, 0.1) is 5.92 Å². The Hall–Kier alpha value is -3.02. The minimum Gasteiger partial charge on any atom is -0.490 e. The first kappa shape index (κ1) is 19.9. The Morgan fingerprint density at radius 2 is 1.65 bits per heavy atom. The zero-order valence-electron chi connectivity index (χ0n) is 17.5. The van der Waals surface area contributed by atoms with E-state index in [2.05, 4.69) is 0 Å². The number of Topliss-reactive ketones (excluding diaryl/α,β-unsaturated/α-hetero) is 1. The van der Waals surface area contributed by atoms with E-state index in [1.54, 1.807) is 0 Å². The average molecular weight is 421 g/mol. The van der Waals surface area contributed by atoms with Gasteiger partial charge in [0.15, 0.2) is 17.3 Å². The molecule has 0 spiro atoms. The minimum atomic E-state index is -0.266. The first-order chi connectivity index (χ1) is 15.2. The molecule has 3 heterocycles. The standard InChI is InChI=1S/C25H27NO5/c27-24(18-7-10-22-23(15-18)30-12-4-11-29-22)19-13-20-8-9-21(14-19)26(20)25(28)31-16-17-5-2-1-3-6-17/h1-3,5-7,10,15,19-21H,4,8-9,11-14,16H2. The molecule has 1 amide bonds. The molecule has 3 aliphatic heterocycles. The van der Waals surface area contributed by atoms with Crippen molar-refractivity contribution in [3.8, 4) is 11.5 Å². The van der Waals surface area contributed by atoms with Crippen molar-refractivity contribution in [2.75, 3.05) is 13.2 Å². The molecule has 2 aromatic carbocycles. The van der Waals surface area contributed by atoms with Gasteiger partial charge in [-0.15, -0.1) is 0 Å². The van der Waals surface area contributed by atoms with Crippen LogP contribution >= 0.6 is 0 Å². The number of rotatable bonds is 4. The van der Waals surface area contributed by atoms with E-state index in [0.717, 1.165) is 24.8 Å². The van der Waals surface area contributed by atoms with Crippen molar-refractivity contribution in [2.45, 2.75) is 50.8 Å². The molecule has 2 bridgehead atoms. The number of fused-ring (bicyclic) bond motifs is 3. The summed E-state index contributed by atoms with van der Waals surface area (Å²) in [6, 6.07) is 15.3. The lowest BCUT2D eigenvalue weighted by atomic mass is 9.85. The van der Waals surface area contributed by atoms with E-state index in [4.69, 9.17) is 14.2 Å². The fourth-order valence-corrected chi connectivity index (χ4v) is 5.04. The van der Waals surface area contributed by atoms with Crippen LogP contribution in [0.15, 0.2) is 48.5 Å². The highest BCUT2D eigenvalue weighted by Gasteiger charge is 2.46. The summed E-state index contributed by atoms with van der Waals surface area (Å²) in [5.74, 6) is 1.39. The number of ether oxygens (including phenoxy) is 3. The van der Waals surface area contributed by atoms with Crippen molar-refractivity contribution in [1.82, 2.24) is 4.90 Å². The SMILES string of the molecule is O=C(c1ccc2c(c1)OCCCO2)C1CC2CCC(C1)N2C(=O)OCc1ccccc1. The molecule has 3 aliphatic rings. The molecular formula is C25H27NO5. The number of ketones is 1. The third-order valence-corrected chi connectivity index (χ3v) is 6.55. The molecule has 5 rings (SSSR count). The molecule has 0 saturated carbocycles. The normalized spacial score (nSPS) is 24.4. The molecule has 162 valence electrons. The van der Waals surface area contributed by atoms with E-state index in [9.17, 15) is 9.59 Å². The molecule has 0 aromatic heterocycles. The quantitative estimate of drug-likeness (QED) is 0.675. The topological polar surface area (TPSA) is 65.1 Å². The summed E-state index contributed by atoms with van der Waals surface area (Å²) in [6.07, 6.45) is 3.79. The van der Waals surface area contributed by atoms with Crippen molar-refractivity contribution in [2.24, 2.45) is 5.92 Å². The van der Waals surface area contributed by atoms with Gasteiger partial charge in [-0.2, -0.15) is 0 Å². The highest BCUT2D eigenvalue weighted by Crippen LogP contribution is 2.41. The second-order valence-electron chi connectivity index (χ2n) is 8.58. The monoisotopic (exact) mass is 421 g/mol. The van der Waals surface area contributed by atoms with Gasteiger partial charge in [-0.05, 0) is 49.4 Å². The van der Waals surface area contributed by atoms with Gasteiger partial charge in [-0.1, -0.05) is 30.3 Å². The van der Waals surface area contributed by atoms with Crippen LogP contribution in [0.4, 0.5) is 4.79 Å². The Morgan fingerprint density at radius 3 is 2.39 bits per heavy atom. The van der Waals surface area contributed by atoms with Gasteiger partial charge in [0, 0.05) is 30.0 Å². The summed E-state index contributed by atoms with van der Waals surface area (Å²) in [7, 11) is 0. The van der Waals surface area contributed by atoms with Crippen LogP contribution in [0.1, 0.15) is 48.0 Å². The molecule has 31 heavy (non-hydrogen) atoms. The predicted octanol–water partition coefficient (Wildman–Crippen LogP) is 4.61. The first-order valence-electron chi connectivity index (χ1n) is 11.1. The van der Waals surface area contributed by atoms with Gasteiger partial charge < -0.3 is 19.1 Å². The van der Waals surface area contributed by atoms with Gasteiger partial charge in [0.25, 0.3) is 0 Å². The summed E-state index contributed by atoms with van der Waals surface area (Å²) in [4.78, 5) is 27.9. The summed E-state index contributed by atoms with van der Waals surface area (Å²) >= 11 is 0. The van der Waals surface area contributed by atoms with Crippen LogP contribution < -0.4 is 9.47 Å². The van der Waals surface area contributed by atoms with Crippen molar-refractivity contribution in [1.29, 1.82) is 0 Å². The Kier molecular flexibility index (Phi) is 5.53. The lowest BCUT2D eigenvalue weighted by Crippen LogP contribution is -2.48. The Morgan fingerprint density at radius 1 is 0.935 bits per heavy atom. The largest absolute Gasteiger partial charge is 0.490 e. The number of benzene rings is 2. The van der Waals surface area contributed by atoms with E-state index < -0.39 is 0 Å². The van der Waals surface area contributed by atoms with E-state index in [1.165, 1.54) is 0 Å². The van der Waals surface area contributed by atoms with Crippen LogP contribution in [0.25, 0.3) is 0 Å². The second kappa shape index (κ2) is 8.61. The Labute approximate surface area is 182 Å². The van der Waals surface area contributed by atoms with Gasteiger partial charge >= 0.3 is 6.09 Å². The van der Waals surface area contributed by atoms with Gasteiger partial charge in [0.05, 0.1) is 13.2 Å². The van der Waals surface area contributed by atoms with E-state index in [0.29, 0.717) is 43.1 Å². The van der Waals surface area contributed by atoms with Crippen LogP contribution in [0.3, 0.4) is 0 Å². The zero-order chi connectivity index (χ0) is 21.2. The Balaban J connectivity index is 1.24. The summed E-state index contributed by atoms with van der Waals surface area (Å²) in [5, 5.41) is 0. The molecule has 0 aliphatic carbocycles.